The summed E-state index contributed by atoms with van der Waals surface area (Å²) in [6, 6.07) is 13.4. The number of rotatable bonds is 4. The lowest BCUT2D eigenvalue weighted by atomic mass is 9.82. The summed E-state index contributed by atoms with van der Waals surface area (Å²) >= 11 is 0. The number of nitrogens with zero attached hydrogens (tertiary/aromatic N) is 1. The van der Waals surface area contributed by atoms with Crippen LogP contribution in [0.5, 0.6) is 5.75 Å². The molecule has 1 saturated carbocycles. The van der Waals surface area contributed by atoms with Crippen molar-refractivity contribution in [3.8, 4) is 5.75 Å². The third-order valence-corrected chi connectivity index (χ3v) is 4.64. The van der Waals surface area contributed by atoms with Crippen molar-refractivity contribution in [2.75, 3.05) is 12.4 Å². The number of benzene rings is 1. The minimum atomic E-state index is 0. The summed E-state index contributed by atoms with van der Waals surface area (Å²) < 4.78 is 5.48. The first-order valence-electron chi connectivity index (χ1n) is 8.09. The fourth-order valence-corrected chi connectivity index (χ4v) is 3.44. The Balaban J connectivity index is 0.00000192. The molecule has 0 unspecified atom stereocenters. The lowest BCUT2D eigenvalue weighted by Gasteiger charge is -2.30. The maximum Gasteiger partial charge on any atom is 0.163 e. The van der Waals surface area contributed by atoms with Gasteiger partial charge in [-0.25, -0.2) is 0 Å². The van der Waals surface area contributed by atoms with E-state index in [9.17, 15) is 0 Å². The molecule has 1 heterocycles. The first-order chi connectivity index (χ1) is 10.8. The average molecular weight is 333 g/mol. The maximum atomic E-state index is 5.48. The highest BCUT2D eigenvalue weighted by atomic mass is 35.5. The van der Waals surface area contributed by atoms with Crippen LogP contribution in [-0.4, -0.2) is 18.1 Å². The summed E-state index contributed by atoms with van der Waals surface area (Å²) in [6.07, 6.45) is 6.73. The molecule has 2 aromatic rings. The van der Waals surface area contributed by atoms with Gasteiger partial charge < -0.3 is 10.1 Å². The van der Waals surface area contributed by atoms with E-state index >= 15 is 0 Å². The number of aryl methyl sites for hydroxylation is 1. The summed E-state index contributed by atoms with van der Waals surface area (Å²) in [7, 11) is 1.71. The quantitative estimate of drug-likeness (QED) is 0.859. The van der Waals surface area contributed by atoms with Crippen LogP contribution >= 0.6 is 12.4 Å². The minimum absolute atomic E-state index is 0. The number of aromatic nitrogens is 1. The number of hydrogen-bond acceptors (Lipinski definition) is 3. The number of pyridine rings is 1. The van der Waals surface area contributed by atoms with Gasteiger partial charge in [0.2, 0.25) is 0 Å². The molecule has 1 aromatic heterocycles. The number of nitrogens with one attached hydrogen (secondary N) is 1. The Kier molecular flexibility index (Phi) is 6.28. The van der Waals surface area contributed by atoms with E-state index in [-0.39, 0.29) is 12.4 Å². The van der Waals surface area contributed by atoms with Crippen LogP contribution in [-0.2, 0) is 0 Å². The van der Waals surface area contributed by atoms with Crippen LogP contribution < -0.4 is 10.1 Å². The predicted molar refractivity (Wildman–Crippen MR) is 97.8 cm³/mol. The second-order valence-electron chi connectivity index (χ2n) is 6.08. The Labute approximate surface area is 144 Å². The van der Waals surface area contributed by atoms with Gasteiger partial charge in [-0.15, -0.1) is 12.4 Å². The zero-order valence-corrected chi connectivity index (χ0v) is 14.6. The summed E-state index contributed by atoms with van der Waals surface area (Å²) in [5, 5.41) is 3.65. The van der Waals surface area contributed by atoms with E-state index in [1.165, 1.54) is 31.2 Å². The second-order valence-corrected chi connectivity index (χ2v) is 6.08. The van der Waals surface area contributed by atoms with Gasteiger partial charge in [-0.3, -0.25) is 4.98 Å². The van der Waals surface area contributed by atoms with E-state index in [1.807, 2.05) is 19.2 Å². The van der Waals surface area contributed by atoms with Crippen molar-refractivity contribution in [2.45, 2.75) is 44.6 Å². The predicted octanol–water partition coefficient (Wildman–Crippen LogP) is 4.96. The van der Waals surface area contributed by atoms with Gasteiger partial charge in [0.05, 0.1) is 18.5 Å². The largest absolute Gasteiger partial charge is 0.493 e. The van der Waals surface area contributed by atoms with Crippen molar-refractivity contribution >= 4 is 18.1 Å². The molecule has 0 radical (unpaired) electrons. The number of ether oxygens (including phenoxy) is 1. The first-order valence-corrected chi connectivity index (χ1v) is 8.09. The highest BCUT2D eigenvalue weighted by molar-refractivity contribution is 5.85. The first kappa shape index (κ1) is 17.6. The molecular formula is C19H25ClN2O. The number of methoxy groups -OCH3 is 1. The summed E-state index contributed by atoms with van der Waals surface area (Å²) in [5.41, 5.74) is 3.49. The van der Waals surface area contributed by atoms with Gasteiger partial charge in [0.25, 0.3) is 0 Å². The van der Waals surface area contributed by atoms with Crippen LogP contribution in [0.3, 0.4) is 0 Å². The van der Waals surface area contributed by atoms with Crippen molar-refractivity contribution in [3.63, 3.8) is 0 Å². The average Bonchev–Trinajstić information content (AvgIpc) is 2.57. The zero-order valence-electron chi connectivity index (χ0n) is 13.8. The molecular weight excluding hydrogens is 308 g/mol. The van der Waals surface area contributed by atoms with Crippen molar-refractivity contribution in [1.29, 1.82) is 0 Å². The maximum absolute atomic E-state index is 5.48. The van der Waals surface area contributed by atoms with Crippen molar-refractivity contribution in [1.82, 2.24) is 4.98 Å². The smallest absolute Gasteiger partial charge is 0.163 e. The highest BCUT2D eigenvalue weighted by Gasteiger charge is 2.23. The van der Waals surface area contributed by atoms with Gasteiger partial charge in [-0.2, -0.15) is 0 Å². The summed E-state index contributed by atoms with van der Waals surface area (Å²) in [5.74, 6) is 1.58. The standard InChI is InChI=1S/C19H24N2O.ClH/c1-14-19(22-2)18(12-13-20-14)21-17-10-8-16(9-11-17)15-6-4-3-5-7-15;/h3-7,12-13,16-17H,8-11H2,1-2H3,(H,20,21);1H. The Morgan fingerprint density at radius 1 is 1.04 bits per heavy atom. The van der Waals surface area contributed by atoms with Crippen molar-refractivity contribution in [3.05, 3.63) is 53.9 Å². The van der Waals surface area contributed by atoms with Crippen LogP contribution in [0.2, 0.25) is 0 Å². The van der Waals surface area contributed by atoms with E-state index in [1.54, 1.807) is 7.11 Å². The third-order valence-electron chi connectivity index (χ3n) is 4.64. The molecule has 1 N–H and O–H groups in total. The van der Waals surface area contributed by atoms with Crippen molar-refractivity contribution in [2.24, 2.45) is 0 Å². The van der Waals surface area contributed by atoms with Crippen LogP contribution in [0.25, 0.3) is 0 Å². The highest BCUT2D eigenvalue weighted by Crippen LogP contribution is 2.35. The Bertz CT molecular complexity index is 610. The van der Waals surface area contributed by atoms with Gasteiger partial charge in [0.1, 0.15) is 0 Å². The SMILES string of the molecule is COc1c(NC2CCC(c3ccccc3)CC2)ccnc1C.Cl. The molecule has 23 heavy (non-hydrogen) atoms. The number of halogens is 1. The topological polar surface area (TPSA) is 34.1 Å². The molecule has 0 atom stereocenters. The lowest BCUT2D eigenvalue weighted by Crippen LogP contribution is -2.25. The van der Waals surface area contributed by atoms with E-state index < -0.39 is 0 Å². The molecule has 3 rings (SSSR count). The van der Waals surface area contributed by atoms with Gasteiger partial charge in [-0.05, 0) is 50.2 Å². The molecule has 0 bridgehead atoms. The minimum Gasteiger partial charge on any atom is -0.493 e. The second kappa shape index (κ2) is 8.21. The molecule has 1 aliphatic rings. The fourth-order valence-electron chi connectivity index (χ4n) is 3.44. The molecule has 1 fully saturated rings. The Hall–Kier alpha value is -1.74. The molecule has 0 spiro atoms. The molecule has 0 amide bonds. The Morgan fingerprint density at radius 2 is 1.74 bits per heavy atom. The Morgan fingerprint density at radius 3 is 2.39 bits per heavy atom. The van der Waals surface area contributed by atoms with Crippen LogP contribution in [0, 0.1) is 6.92 Å². The molecule has 3 nitrogen and oxygen atoms in total. The van der Waals surface area contributed by atoms with Crippen LogP contribution in [0.15, 0.2) is 42.6 Å². The van der Waals surface area contributed by atoms with E-state index in [2.05, 4.69) is 40.6 Å². The van der Waals surface area contributed by atoms with Gasteiger partial charge in [0, 0.05) is 12.2 Å². The third kappa shape index (κ3) is 4.17. The van der Waals surface area contributed by atoms with Gasteiger partial charge >= 0.3 is 0 Å². The normalized spacial score (nSPS) is 20.4. The van der Waals surface area contributed by atoms with E-state index in [4.69, 9.17) is 4.74 Å². The van der Waals surface area contributed by atoms with Crippen LogP contribution in [0.1, 0.15) is 42.9 Å². The zero-order chi connectivity index (χ0) is 15.4. The van der Waals surface area contributed by atoms with Crippen LogP contribution in [0.4, 0.5) is 5.69 Å². The lowest BCUT2D eigenvalue weighted by molar-refractivity contribution is 0.399. The molecule has 0 aliphatic heterocycles. The molecule has 4 heteroatoms. The van der Waals surface area contributed by atoms with Crippen molar-refractivity contribution < 1.29 is 4.74 Å². The monoisotopic (exact) mass is 332 g/mol. The molecule has 0 saturated heterocycles. The molecule has 1 aliphatic carbocycles. The summed E-state index contributed by atoms with van der Waals surface area (Å²) in [4.78, 5) is 4.29. The van der Waals surface area contributed by atoms with E-state index in [0.717, 1.165) is 17.1 Å². The van der Waals surface area contributed by atoms with Gasteiger partial charge in [-0.1, -0.05) is 30.3 Å². The summed E-state index contributed by atoms with van der Waals surface area (Å²) in [6.45, 7) is 1.98. The number of anilines is 1. The molecule has 1 aromatic carbocycles. The van der Waals surface area contributed by atoms with Gasteiger partial charge in [0.15, 0.2) is 5.75 Å². The van der Waals surface area contributed by atoms with E-state index in [0.29, 0.717) is 12.0 Å². The number of hydrogen-bond donors (Lipinski definition) is 1. The molecule has 124 valence electrons. The fraction of sp³-hybridized carbons (Fsp3) is 0.421.